The highest BCUT2D eigenvalue weighted by molar-refractivity contribution is 6.10. The number of hydrogen-bond donors (Lipinski definition) is 1. The highest BCUT2D eigenvalue weighted by Gasteiger charge is 2.49. The zero-order valence-corrected chi connectivity index (χ0v) is 30.3. The molecule has 0 radical (unpaired) electrons. The SMILES string of the molecule is CC1CC(c2cccc(N3Cc4c(cc(CN[C@H]5CCN([C@H]6C[C@@H](C)N(C(=O)OC(C)(C)C)C6)C5)cc4C(F)(F)F)C3=O)c2)(c2nncn2C)C1. The molecular weight excluding hydrogens is 659 g/mol. The fraction of sp³-hybridized carbons (Fsp3) is 0.579. The quantitative estimate of drug-likeness (QED) is 0.309. The van der Waals surface area contributed by atoms with Gasteiger partial charge in [0, 0.05) is 62.6 Å². The molecule has 0 bridgehead atoms. The lowest BCUT2D eigenvalue weighted by Crippen LogP contribution is -2.43. The van der Waals surface area contributed by atoms with Gasteiger partial charge in [-0.25, -0.2) is 4.79 Å². The normalized spacial score (nSPS) is 26.9. The first-order valence-electron chi connectivity index (χ1n) is 18.0. The van der Waals surface area contributed by atoms with Crippen molar-refractivity contribution in [2.75, 3.05) is 24.5 Å². The van der Waals surface area contributed by atoms with Crippen LogP contribution in [0.15, 0.2) is 42.7 Å². The Morgan fingerprint density at radius 3 is 2.53 bits per heavy atom. The van der Waals surface area contributed by atoms with Gasteiger partial charge in [0.05, 0.1) is 17.5 Å². The lowest BCUT2D eigenvalue weighted by atomic mass is 9.58. The lowest BCUT2D eigenvalue weighted by molar-refractivity contribution is -0.138. The Labute approximate surface area is 297 Å². The number of benzene rings is 2. The van der Waals surface area contributed by atoms with Crippen molar-refractivity contribution in [3.8, 4) is 0 Å². The van der Waals surface area contributed by atoms with Crippen LogP contribution in [-0.4, -0.2) is 79.9 Å². The van der Waals surface area contributed by atoms with E-state index < -0.39 is 23.2 Å². The number of nitrogens with one attached hydrogen (secondary N) is 1. The van der Waals surface area contributed by atoms with Crippen LogP contribution in [0.2, 0.25) is 0 Å². The zero-order chi connectivity index (χ0) is 36.5. The Morgan fingerprint density at radius 1 is 1.10 bits per heavy atom. The third-order valence-corrected chi connectivity index (χ3v) is 11.2. The number of rotatable bonds is 7. The standard InChI is InChI=1S/C38H48F3N7O3/c1-23-16-37(17-23,34-44-43-22-45(34)6)26-8-7-9-28(15-26)48-21-31-30(33(48)49)13-25(14-32(31)38(39,40)41)18-42-27-10-11-46(19-27)29-12-24(2)47(20-29)35(50)51-36(3,4)5/h7-9,13-15,22-24,27,29,42H,10-12,16-21H2,1-6H3/t23?,24-,27+,29+,37?/m1/s1. The summed E-state index contributed by atoms with van der Waals surface area (Å²) in [5.74, 6) is 0.898. The molecule has 51 heavy (non-hydrogen) atoms. The maximum absolute atomic E-state index is 14.6. The average molecular weight is 708 g/mol. The molecule has 3 atom stereocenters. The molecule has 7 rings (SSSR count). The van der Waals surface area contributed by atoms with Crippen LogP contribution in [0.4, 0.5) is 23.7 Å². The molecule has 3 aromatic rings. The van der Waals surface area contributed by atoms with Crippen LogP contribution in [0.5, 0.6) is 0 Å². The van der Waals surface area contributed by atoms with Gasteiger partial charge in [-0.3, -0.25) is 9.69 Å². The molecule has 2 saturated heterocycles. The third-order valence-electron chi connectivity index (χ3n) is 11.2. The van der Waals surface area contributed by atoms with Crippen molar-refractivity contribution < 1.29 is 27.5 Å². The number of carbonyl (C=O) groups is 2. The maximum atomic E-state index is 14.6. The number of hydrogen-bond acceptors (Lipinski definition) is 7. The summed E-state index contributed by atoms with van der Waals surface area (Å²) >= 11 is 0. The molecule has 13 heteroatoms. The molecule has 1 N–H and O–H groups in total. The van der Waals surface area contributed by atoms with Gasteiger partial charge in [-0.15, -0.1) is 10.2 Å². The monoisotopic (exact) mass is 707 g/mol. The summed E-state index contributed by atoms with van der Waals surface area (Å²) in [7, 11) is 1.91. The fourth-order valence-electron chi connectivity index (χ4n) is 8.79. The first kappa shape index (κ1) is 35.4. The van der Waals surface area contributed by atoms with Crippen LogP contribution in [0.25, 0.3) is 0 Å². The van der Waals surface area contributed by atoms with Crippen LogP contribution >= 0.6 is 0 Å². The molecular formula is C38H48F3N7O3. The van der Waals surface area contributed by atoms with E-state index in [9.17, 15) is 22.8 Å². The van der Waals surface area contributed by atoms with E-state index in [2.05, 4.69) is 27.3 Å². The number of alkyl halides is 3. The third kappa shape index (κ3) is 6.74. The van der Waals surface area contributed by atoms with Gasteiger partial charge in [0.25, 0.3) is 5.91 Å². The Kier molecular flexibility index (Phi) is 8.97. The van der Waals surface area contributed by atoms with Gasteiger partial charge in [-0.2, -0.15) is 13.2 Å². The molecule has 4 aliphatic rings. The molecule has 10 nitrogen and oxygen atoms in total. The summed E-state index contributed by atoms with van der Waals surface area (Å²) in [6.45, 7) is 12.0. The second-order valence-electron chi connectivity index (χ2n) is 16.2. The van der Waals surface area contributed by atoms with Crippen molar-refractivity contribution in [1.82, 2.24) is 29.9 Å². The molecule has 1 aromatic heterocycles. The van der Waals surface area contributed by atoms with E-state index in [0.29, 0.717) is 23.7 Å². The second-order valence-corrected chi connectivity index (χ2v) is 16.2. The Morgan fingerprint density at radius 2 is 1.86 bits per heavy atom. The van der Waals surface area contributed by atoms with Gasteiger partial charge in [-0.1, -0.05) is 19.1 Å². The van der Waals surface area contributed by atoms with E-state index in [4.69, 9.17) is 4.74 Å². The predicted molar refractivity (Wildman–Crippen MR) is 186 cm³/mol. The topological polar surface area (TPSA) is 95.8 Å². The van der Waals surface area contributed by atoms with Crippen LogP contribution in [0, 0.1) is 5.92 Å². The fourth-order valence-corrected chi connectivity index (χ4v) is 8.79. The number of likely N-dealkylation sites (tertiary alicyclic amines) is 2. The van der Waals surface area contributed by atoms with Crippen molar-refractivity contribution >= 4 is 17.7 Å². The van der Waals surface area contributed by atoms with Crippen LogP contribution in [0.1, 0.15) is 98.7 Å². The van der Waals surface area contributed by atoms with Gasteiger partial charge in [-0.05, 0) is 100 Å². The molecule has 0 unspecified atom stereocenters. The first-order valence-corrected chi connectivity index (χ1v) is 18.0. The van der Waals surface area contributed by atoms with Crippen LogP contribution < -0.4 is 10.2 Å². The van der Waals surface area contributed by atoms with Crippen molar-refractivity contribution in [2.24, 2.45) is 13.0 Å². The average Bonchev–Trinajstić information content (AvgIpc) is 3.84. The highest BCUT2D eigenvalue weighted by Crippen LogP contribution is 2.52. The lowest BCUT2D eigenvalue weighted by Gasteiger charge is -2.46. The summed E-state index contributed by atoms with van der Waals surface area (Å²) < 4.78 is 51.2. The predicted octanol–water partition coefficient (Wildman–Crippen LogP) is 6.27. The maximum Gasteiger partial charge on any atom is 0.416 e. The number of aryl methyl sites for hydroxylation is 1. The molecule has 1 saturated carbocycles. The number of carbonyl (C=O) groups excluding carboxylic acids is 2. The van der Waals surface area contributed by atoms with Gasteiger partial charge >= 0.3 is 12.3 Å². The summed E-state index contributed by atoms with van der Waals surface area (Å²) in [5.41, 5.74) is 0.401. The van der Waals surface area contributed by atoms with Crippen LogP contribution in [0.3, 0.4) is 0 Å². The van der Waals surface area contributed by atoms with Gasteiger partial charge in [0.15, 0.2) is 0 Å². The number of fused-ring (bicyclic) bond motifs is 1. The van der Waals surface area contributed by atoms with Gasteiger partial charge < -0.3 is 24.4 Å². The molecule has 2 amide bonds. The molecule has 0 spiro atoms. The molecule has 3 aliphatic heterocycles. The number of ether oxygens (including phenoxy) is 1. The molecule has 2 aromatic carbocycles. The van der Waals surface area contributed by atoms with Gasteiger partial charge in [0.1, 0.15) is 17.8 Å². The van der Waals surface area contributed by atoms with E-state index >= 15 is 0 Å². The summed E-state index contributed by atoms with van der Waals surface area (Å²) in [6, 6.07) is 10.8. The minimum absolute atomic E-state index is 0.0128. The number of anilines is 1. The molecule has 274 valence electrons. The minimum atomic E-state index is -4.61. The molecule has 4 heterocycles. The van der Waals surface area contributed by atoms with E-state index in [-0.39, 0.29) is 53.9 Å². The van der Waals surface area contributed by atoms with E-state index in [1.807, 2.05) is 57.5 Å². The summed E-state index contributed by atoms with van der Waals surface area (Å²) in [4.78, 5) is 32.3. The zero-order valence-electron chi connectivity index (χ0n) is 30.3. The van der Waals surface area contributed by atoms with E-state index in [1.54, 1.807) is 23.4 Å². The Bertz CT molecular complexity index is 1810. The van der Waals surface area contributed by atoms with E-state index in [0.717, 1.165) is 50.2 Å². The molecule has 1 aliphatic carbocycles. The number of aromatic nitrogens is 3. The largest absolute Gasteiger partial charge is 0.444 e. The second kappa shape index (κ2) is 12.9. The van der Waals surface area contributed by atoms with Crippen molar-refractivity contribution in [3.63, 3.8) is 0 Å². The molecule has 3 fully saturated rings. The van der Waals surface area contributed by atoms with Crippen molar-refractivity contribution in [3.05, 3.63) is 76.4 Å². The first-order chi connectivity index (χ1) is 24.0. The summed E-state index contributed by atoms with van der Waals surface area (Å²) in [6.07, 6.45) is 0.181. The minimum Gasteiger partial charge on any atom is -0.444 e. The summed E-state index contributed by atoms with van der Waals surface area (Å²) in [5, 5.41) is 12.0. The highest BCUT2D eigenvalue weighted by atomic mass is 19.4. The Hall–Kier alpha value is -3.97. The van der Waals surface area contributed by atoms with Crippen LogP contribution in [-0.2, 0) is 36.5 Å². The Balaban J connectivity index is 1.05. The number of halogens is 3. The van der Waals surface area contributed by atoms with Crippen molar-refractivity contribution in [2.45, 2.75) is 109 Å². The van der Waals surface area contributed by atoms with Gasteiger partial charge in [0.2, 0.25) is 0 Å². The van der Waals surface area contributed by atoms with E-state index in [1.165, 1.54) is 11.0 Å². The number of amides is 2. The smallest absolute Gasteiger partial charge is 0.416 e. The number of nitrogens with zero attached hydrogens (tertiary/aromatic N) is 6. The van der Waals surface area contributed by atoms with Crippen molar-refractivity contribution in [1.29, 1.82) is 0 Å².